The summed E-state index contributed by atoms with van der Waals surface area (Å²) in [5.74, 6) is 0. The fourth-order valence-corrected chi connectivity index (χ4v) is 9.86. The Bertz CT molecular complexity index is 3420. The molecule has 0 N–H and O–H groups in total. The number of fused-ring (bicyclic) bond motifs is 7. The topological polar surface area (TPSA) is 0 Å². The van der Waals surface area contributed by atoms with Crippen molar-refractivity contribution in [1.29, 1.82) is 0 Å². The van der Waals surface area contributed by atoms with Crippen LogP contribution in [0, 0.1) is 0 Å². The van der Waals surface area contributed by atoms with Crippen molar-refractivity contribution < 1.29 is 0 Å². The molecule has 0 fully saturated rings. The van der Waals surface area contributed by atoms with Gasteiger partial charge < -0.3 is 0 Å². The van der Waals surface area contributed by atoms with E-state index in [1.165, 1.54) is 120 Å². The van der Waals surface area contributed by atoms with E-state index in [9.17, 15) is 0 Å². The maximum atomic E-state index is 2.49. The predicted molar refractivity (Wildman–Crippen MR) is 241 cm³/mol. The molecule has 0 aliphatic heterocycles. The van der Waals surface area contributed by atoms with Gasteiger partial charge >= 0.3 is 0 Å². The fraction of sp³-hybridized carbons (Fsp3) is 0. The first-order chi connectivity index (χ1) is 27.8. The van der Waals surface area contributed by atoms with Crippen LogP contribution in [0.5, 0.6) is 0 Å². The van der Waals surface area contributed by atoms with Gasteiger partial charge in [0.15, 0.2) is 0 Å². The van der Waals surface area contributed by atoms with Gasteiger partial charge in [-0.15, -0.1) is 0 Å². The third-order valence-electron chi connectivity index (χ3n) is 12.1. The molecule has 0 heterocycles. The summed E-state index contributed by atoms with van der Waals surface area (Å²) in [5.41, 5.74) is 12.5. The molecule has 56 heavy (non-hydrogen) atoms. The monoisotopic (exact) mass is 706 g/mol. The van der Waals surface area contributed by atoms with Crippen LogP contribution in [0.3, 0.4) is 0 Å². The number of benzene rings is 10. The van der Waals surface area contributed by atoms with Crippen LogP contribution < -0.4 is 0 Å². The van der Waals surface area contributed by atoms with Gasteiger partial charge in [-0.3, -0.25) is 0 Å². The molecule has 258 valence electrons. The van der Waals surface area contributed by atoms with E-state index in [0.717, 1.165) is 0 Å². The molecule has 0 nitrogen and oxygen atoms in total. The predicted octanol–water partition coefficient (Wildman–Crippen LogP) is 15.8. The van der Waals surface area contributed by atoms with E-state index >= 15 is 0 Å². The van der Waals surface area contributed by atoms with Crippen molar-refractivity contribution in [3.8, 4) is 55.6 Å². The van der Waals surface area contributed by atoms with Crippen LogP contribution in [0.15, 0.2) is 206 Å². The highest BCUT2D eigenvalue weighted by Crippen LogP contribution is 2.56. The van der Waals surface area contributed by atoms with E-state index in [1.54, 1.807) is 0 Å². The number of hydrogen-bond donors (Lipinski definition) is 0. The smallest absolute Gasteiger partial charge is 0.000115 e. The maximum Gasteiger partial charge on any atom is -0.000115 e. The Balaban J connectivity index is 1.38. The molecule has 0 aliphatic carbocycles. The molecule has 0 bridgehead atoms. The van der Waals surface area contributed by atoms with Gasteiger partial charge in [0.05, 0.1) is 0 Å². The van der Waals surface area contributed by atoms with Crippen LogP contribution in [-0.4, -0.2) is 0 Å². The van der Waals surface area contributed by atoms with Gasteiger partial charge in [-0.2, -0.15) is 0 Å². The first-order valence-electron chi connectivity index (χ1n) is 19.5. The molecular weight excluding hydrogens is 673 g/mol. The van der Waals surface area contributed by atoms with Crippen molar-refractivity contribution in [3.05, 3.63) is 206 Å². The second-order valence-electron chi connectivity index (χ2n) is 15.1. The Hall–Kier alpha value is -7.28. The molecule has 0 saturated carbocycles. The first-order valence-corrected chi connectivity index (χ1v) is 19.5. The minimum Gasteiger partial charge on any atom is -0.0622 e. The molecule has 12 aromatic rings. The van der Waals surface area contributed by atoms with E-state index in [4.69, 9.17) is 0 Å². The number of hydrogen-bond acceptors (Lipinski definition) is 0. The molecule has 0 radical (unpaired) electrons. The lowest BCUT2D eigenvalue weighted by Gasteiger charge is -2.17. The average molecular weight is 707 g/mol. The van der Waals surface area contributed by atoms with Gasteiger partial charge in [-0.25, -0.2) is 0 Å². The summed E-state index contributed by atoms with van der Waals surface area (Å²) in [6, 6.07) is 76.3. The molecule has 0 amide bonds. The Morgan fingerprint density at radius 3 is 1.38 bits per heavy atom. The lowest BCUT2D eigenvalue weighted by Crippen LogP contribution is -1.90. The molecule has 12 aromatic carbocycles. The molecule has 0 aromatic heterocycles. The second kappa shape index (κ2) is 12.1. The van der Waals surface area contributed by atoms with Gasteiger partial charge in [0.1, 0.15) is 0 Å². The van der Waals surface area contributed by atoms with Gasteiger partial charge in [0, 0.05) is 0 Å². The van der Waals surface area contributed by atoms with Crippen molar-refractivity contribution in [2.24, 2.45) is 0 Å². The van der Waals surface area contributed by atoms with E-state index in [2.05, 4.69) is 206 Å². The molecule has 0 saturated heterocycles. The van der Waals surface area contributed by atoms with Crippen LogP contribution in [0.4, 0.5) is 0 Å². The average Bonchev–Trinajstić information content (AvgIpc) is 3.79. The van der Waals surface area contributed by atoms with Crippen LogP contribution in [-0.2, 0) is 0 Å². The molecular formula is C56H34. The fourth-order valence-electron chi connectivity index (χ4n) is 9.86. The molecule has 0 aliphatic rings. The lowest BCUT2D eigenvalue weighted by atomic mass is 9.85. The Kier molecular flexibility index (Phi) is 6.73. The second-order valence-corrected chi connectivity index (χ2v) is 15.1. The Labute approximate surface area is 325 Å². The van der Waals surface area contributed by atoms with Crippen LogP contribution in [0.25, 0.3) is 120 Å². The van der Waals surface area contributed by atoms with Crippen LogP contribution in [0.1, 0.15) is 0 Å². The van der Waals surface area contributed by atoms with E-state index in [-0.39, 0.29) is 0 Å². The minimum absolute atomic E-state index is 1.22. The molecule has 0 unspecified atom stereocenters. The summed E-state index contributed by atoms with van der Waals surface area (Å²) in [7, 11) is 0. The van der Waals surface area contributed by atoms with E-state index in [1.807, 2.05) is 0 Å². The standard InChI is InChI=1S/C56H34/c1-5-17-35(18-6-1)39-33-48-45-29-15-27-42(38-23-11-4-12-24-38)51(45)56-53(48)49(34-39)52(44-26-14-13-25-40(44)36-19-7-2-8-20-36)54-47-32-31-41(37-21-9-3-10-22-37)43-28-16-30-46(50(43)47)55(54)56/h1-34H. The summed E-state index contributed by atoms with van der Waals surface area (Å²) >= 11 is 0. The summed E-state index contributed by atoms with van der Waals surface area (Å²) < 4.78 is 0. The first kappa shape index (κ1) is 31.1. The lowest BCUT2D eigenvalue weighted by molar-refractivity contribution is 1.61. The quantitative estimate of drug-likeness (QED) is 0.167. The normalized spacial score (nSPS) is 11.9. The third kappa shape index (κ3) is 4.42. The van der Waals surface area contributed by atoms with E-state index < -0.39 is 0 Å². The van der Waals surface area contributed by atoms with Gasteiger partial charge in [-0.05, 0) is 132 Å². The van der Waals surface area contributed by atoms with E-state index in [0.29, 0.717) is 0 Å². The summed E-state index contributed by atoms with van der Waals surface area (Å²) in [6.45, 7) is 0. The Morgan fingerprint density at radius 1 is 0.179 bits per heavy atom. The Morgan fingerprint density at radius 2 is 0.679 bits per heavy atom. The molecule has 0 atom stereocenters. The minimum atomic E-state index is 1.22. The third-order valence-corrected chi connectivity index (χ3v) is 12.1. The van der Waals surface area contributed by atoms with Crippen molar-refractivity contribution >= 4 is 64.6 Å². The number of rotatable bonds is 5. The van der Waals surface area contributed by atoms with Crippen molar-refractivity contribution in [2.75, 3.05) is 0 Å². The molecule has 0 heteroatoms. The largest absolute Gasteiger partial charge is 0.0622 e. The zero-order valence-corrected chi connectivity index (χ0v) is 30.6. The zero-order valence-electron chi connectivity index (χ0n) is 30.6. The van der Waals surface area contributed by atoms with Crippen molar-refractivity contribution in [3.63, 3.8) is 0 Å². The summed E-state index contributed by atoms with van der Waals surface area (Å²) in [6.07, 6.45) is 0. The maximum absolute atomic E-state index is 2.49. The van der Waals surface area contributed by atoms with Crippen LogP contribution >= 0.6 is 0 Å². The molecule has 0 spiro atoms. The summed E-state index contributed by atoms with van der Waals surface area (Å²) in [5, 5.41) is 15.8. The van der Waals surface area contributed by atoms with Gasteiger partial charge in [0.2, 0.25) is 0 Å². The molecule has 12 rings (SSSR count). The highest BCUT2D eigenvalue weighted by Gasteiger charge is 2.28. The van der Waals surface area contributed by atoms with Gasteiger partial charge in [-0.1, -0.05) is 194 Å². The van der Waals surface area contributed by atoms with Crippen molar-refractivity contribution in [1.82, 2.24) is 0 Å². The zero-order chi connectivity index (χ0) is 36.7. The van der Waals surface area contributed by atoms with Crippen LogP contribution in [0.2, 0.25) is 0 Å². The highest BCUT2D eigenvalue weighted by molar-refractivity contribution is 6.49. The van der Waals surface area contributed by atoms with Crippen molar-refractivity contribution in [2.45, 2.75) is 0 Å². The summed E-state index contributed by atoms with van der Waals surface area (Å²) in [4.78, 5) is 0. The highest BCUT2D eigenvalue weighted by atomic mass is 14.3. The SMILES string of the molecule is c1ccc(-c2cc3c(-c4ccccc4-c4ccccc4)c4c5ccc(-c6ccccc6)c6cccc(c65)c4c4c5c(-c6ccccc6)cccc5c(c2)c34)cc1. The van der Waals surface area contributed by atoms with Gasteiger partial charge in [0.25, 0.3) is 0 Å².